The molecule has 2 aromatic carbocycles. The Bertz CT molecular complexity index is 1070. The summed E-state index contributed by atoms with van der Waals surface area (Å²) in [7, 11) is 1.57. The molecule has 8 heteroatoms. The Morgan fingerprint density at radius 3 is 2.37 bits per heavy atom. The second-order valence-electron chi connectivity index (χ2n) is 7.05. The highest BCUT2D eigenvalue weighted by atomic mass is 16.5. The molecule has 0 aliphatic carbocycles. The lowest BCUT2D eigenvalue weighted by Gasteiger charge is -2.12. The Balaban J connectivity index is 1.66. The van der Waals surface area contributed by atoms with Crippen molar-refractivity contribution in [3.05, 3.63) is 70.5 Å². The predicted molar refractivity (Wildman–Crippen MR) is 114 cm³/mol. The minimum Gasteiger partial charge on any atom is -0.496 e. The predicted octanol–water partition coefficient (Wildman–Crippen LogP) is 2.89. The van der Waals surface area contributed by atoms with E-state index in [4.69, 9.17) is 4.74 Å². The molecule has 0 spiro atoms. The Morgan fingerprint density at radius 1 is 1.00 bits per heavy atom. The average Bonchev–Trinajstić information content (AvgIpc) is 3.14. The van der Waals surface area contributed by atoms with E-state index in [1.165, 1.54) is 0 Å². The first-order chi connectivity index (χ1) is 14.4. The maximum Gasteiger partial charge on any atom is 0.255 e. The Hall–Kier alpha value is -3.68. The van der Waals surface area contributed by atoms with Gasteiger partial charge in [0, 0.05) is 29.6 Å². The summed E-state index contributed by atoms with van der Waals surface area (Å²) < 4.78 is 6.96. The summed E-state index contributed by atoms with van der Waals surface area (Å²) in [6, 6.07) is 10.5. The Morgan fingerprint density at radius 2 is 1.70 bits per heavy atom. The first-order valence-electron chi connectivity index (χ1n) is 9.59. The number of hydrogen-bond donors (Lipinski definition) is 2. The number of nitrogens with one attached hydrogen (secondary N) is 2. The van der Waals surface area contributed by atoms with Crippen LogP contribution in [0.2, 0.25) is 0 Å². The molecular weight excluding hydrogens is 382 g/mol. The number of ether oxygens (including phenoxy) is 1. The first-order valence-corrected chi connectivity index (χ1v) is 9.59. The number of anilines is 1. The van der Waals surface area contributed by atoms with E-state index < -0.39 is 0 Å². The number of nitrogens with zero attached hydrogens (tertiary/aromatic N) is 3. The molecular formula is C22H25N5O3. The highest BCUT2D eigenvalue weighted by molar-refractivity contribution is 6.05. The van der Waals surface area contributed by atoms with Crippen LogP contribution in [0.1, 0.15) is 37.5 Å². The van der Waals surface area contributed by atoms with Crippen molar-refractivity contribution in [3.63, 3.8) is 0 Å². The van der Waals surface area contributed by atoms with Crippen LogP contribution in [0.5, 0.6) is 5.75 Å². The topological polar surface area (TPSA) is 98.1 Å². The van der Waals surface area contributed by atoms with Gasteiger partial charge < -0.3 is 15.4 Å². The number of amides is 2. The number of methoxy groups -OCH3 is 1. The summed E-state index contributed by atoms with van der Waals surface area (Å²) >= 11 is 0. The van der Waals surface area contributed by atoms with Gasteiger partial charge in [-0.05, 0) is 56.2 Å². The lowest BCUT2D eigenvalue weighted by molar-refractivity contribution is 0.0950. The normalized spacial score (nSPS) is 10.5. The van der Waals surface area contributed by atoms with Gasteiger partial charge in [0.15, 0.2) is 0 Å². The van der Waals surface area contributed by atoms with E-state index in [1.807, 2.05) is 33.0 Å². The number of carbonyl (C=O) groups excluding carboxylic acids is 2. The fourth-order valence-corrected chi connectivity index (χ4v) is 2.94. The molecule has 0 fully saturated rings. The molecule has 0 atom stereocenters. The number of rotatable bonds is 7. The summed E-state index contributed by atoms with van der Waals surface area (Å²) in [4.78, 5) is 25.2. The zero-order valence-corrected chi connectivity index (χ0v) is 17.5. The zero-order valence-electron chi connectivity index (χ0n) is 17.5. The molecule has 8 nitrogen and oxygen atoms in total. The van der Waals surface area contributed by atoms with Crippen molar-refractivity contribution in [3.8, 4) is 5.75 Å². The van der Waals surface area contributed by atoms with Gasteiger partial charge in [-0.1, -0.05) is 17.3 Å². The highest BCUT2D eigenvalue weighted by Gasteiger charge is 2.13. The first kappa shape index (κ1) is 21.0. The lowest BCUT2D eigenvalue weighted by Crippen LogP contribution is -2.27. The molecule has 1 heterocycles. The molecule has 30 heavy (non-hydrogen) atoms. The maximum atomic E-state index is 12.7. The van der Waals surface area contributed by atoms with Crippen molar-refractivity contribution in [1.82, 2.24) is 20.3 Å². The Kier molecular flexibility index (Phi) is 6.46. The molecule has 2 N–H and O–H groups in total. The maximum absolute atomic E-state index is 12.7. The third-order valence-corrected chi connectivity index (χ3v) is 4.70. The van der Waals surface area contributed by atoms with Crippen molar-refractivity contribution < 1.29 is 14.3 Å². The third kappa shape index (κ3) is 5.02. The summed E-state index contributed by atoms with van der Waals surface area (Å²) in [5, 5.41) is 13.6. The molecule has 2 amide bonds. The van der Waals surface area contributed by atoms with Crippen LogP contribution in [0.3, 0.4) is 0 Å². The van der Waals surface area contributed by atoms with Gasteiger partial charge >= 0.3 is 0 Å². The fourth-order valence-electron chi connectivity index (χ4n) is 2.94. The molecule has 3 aromatic rings. The van der Waals surface area contributed by atoms with Crippen molar-refractivity contribution in [2.45, 2.75) is 27.3 Å². The molecule has 0 bridgehead atoms. The van der Waals surface area contributed by atoms with Crippen LogP contribution in [-0.4, -0.2) is 40.5 Å². The van der Waals surface area contributed by atoms with E-state index >= 15 is 0 Å². The zero-order chi connectivity index (χ0) is 21.7. The van der Waals surface area contributed by atoms with Gasteiger partial charge in [-0.15, -0.1) is 5.10 Å². The molecule has 0 aliphatic rings. The van der Waals surface area contributed by atoms with Crippen LogP contribution in [0.25, 0.3) is 0 Å². The minimum atomic E-state index is -0.268. The van der Waals surface area contributed by atoms with Crippen LogP contribution in [-0.2, 0) is 6.54 Å². The molecule has 0 unspecified atom stereocenters. The monoisotopic (exact) mass is 407 g/mol. The Labute approximate surface area is 175 Å². The van der Waals surface area contributed by atoms with Crippen LogP contribution in [0.15, 0.2) is 42.6 Å². The summed E-state index contributed by atoms with van der Waals surface area (Å²) in [5.74, 6) is 0.157. The number of aromatic nitrogens is 3. The van der Waals surface area contributed by atoms with Gasteiger partial charge in [-0.3, -0.25) is 14.3 Å². The van der Waals surface area contributed by atoms with Crippen molar-refractivity contribution in [1.29, 1.82) is 0 Å². The van der Waals surface area contributed by atoms with Gasteiger partial charge in [0.2, 0.25) is 0 Å². The smallest absolute Gasteiger partial charge is 0.255 e. The standard InChI is InChI=1S/C22H25N5O3/c1-14-5-7-17(21(28)23-9-10-27-13-16(3)25-26-27)11-19(14)24-22(29)18-8-6-15(2)20(12-18)30-4/h5-8,11-13H,9-10H2,1-4H3,(H,23,28)(H,24,29). The number of benzene rings is 2. The summed E-state index contributed by atoms with van der Waals surface area (Å²) in [6.45, 7) is 6.59. The van der Waals surface area contributed by atoms with E-state index in [2.05, 4.69) is 20.9 Å². The SMILES string of the molecule is COc1cc(C(=O)Nc2cc(C(=O)NCCn3cc(C)nn3)ccc2C)ccc1C. The van der Waals surface area contributed by atoms with E-state index in [-0.39, 0.29) is 11.8 Å². The van der Waals surface area contributed by atoms with Crippen LogP contribution >= 0.6 is 0 Å². The van der Waals surface area contributed by atoms with Crippen molar-refractivity contribution in [2.24, 2.45) is 0 Å². The molecule has 156 valence electrons. The minimum absolute atomic E-state index is 0.223. The number of aryl methyl sites for hydroxylation is 3. The quantitative estimate of drug-likeness (QED) is 0.628. The third-order valence-electron chi connectivity index (χ3n) is 4.70. The second-order valence-corrected chi connectivity index (χ2v) is 7.05. The van der Waals surface area contributed by atoms with E-state index in [9.17, 15) is 9.59 Å². The van der Waals surface area contributed by atoms with Gasteiger partial charge in [-0.2, -0.15) is 0 Å². The van der Waals surface area contributed by atoms with Crippen LogP contribution < -0.4 is 15.4 Å². The van der Waals surface area contributed by atoms with Gasteiger partial charge in [0.1, 0.15) is 5.75 Å². The van der Waals surface area contributed by atoms with Crippen LogP contribution in [0, 0.1) is 20.8 Å². The molecule has 0 saturated carbocycles. The second kappa shape index (κ2) is 9.21. The molecule has 1 aromatic heterocycles. The molecule has 3 rings (SSSR count). The van der Waals surface area contributed by atoms with Crippen molar-refractivity contribution in [2.75, 3.05) is 19.0 Å². The highest BCUT2D eigenvalue weighted by Crippen LogP contribution is 2.22. The van der Waals surface area contributed by atoms with Crippen LogP contribution in [0.4, 0.5) is 5.69 Å². The van der Waals surface area contributed by atoms with E-state index in [0.717, 1.165) is 16.8 Å². The lowest BCUT2D eigenvalue weighted by atomic mass is 10.1. The number of hydrogen-bond acceptors (Lipinski definition) is 5. The summed E-state index contributed by atoms with van der Waals surface area (Å²) in [5.41, 5.74) is 4.16. The van der Waals surface area contributed by atoms with Gasteiger partial charge in [-0.25, -0.2) is 0 Å². The van der Waals surface area contributed by atoms with E-state index in [1.54, 1.807) is 42.1 Å². The van der Waals surface area contributed by atoms with Crippen molar-refractivity contribution >= 4 is 17.5 Å². The molecule has 0 saturated heterocycles. The molecule has 0 aliphatic heterocycles. The largest absolute Gasteiger partial charge is 0.496 e. The molecule has 0 radical (unpaired) electrons. The van der Waals surface area contributed by atoms with Gasteiger partial charge in [0.25, 0.3) is 11.8 Å². The van der Waals surface area contributed by atoms with E-state index in [0.29, 0.717) is 35.7 Å². The number of carbonyl (C=O) groups is 2. The fraction of sp³-hybridized carbons (Fsp3) is 0.273. The average molecular weight is 407 g/mol. The van der Waals surface area contributed by atoms with Gasteiger partial charge in [0.05, 0.1) is 19.3 Å². The summed E-state index contributed by atoms with van der Waals surface area (Å²) in [6.07, 6.45) is 1.81.